The summed E-state index contributed by atoms with van der Waals surface area (Å²) in [5, 5.41) is 0. The maximum Gasteiger partial charge on any atom is 0.302 e. The Kier molecular flexibility index (Phi) is 4.50. The first-order chi connectivity index (χ1) is 9.17. The van der Waals surface area contributed by atoms with E-state index in [2.05, 4.69) is 36.8 Å². The Morgan fingerprint density at radius 1 is 1.45 bits per heavy atom. The Bertz CT molecular complexity index is 666. The molecule has 1 unspecified atom stereocenters. The number of pyridine rings is 1. The molecule has 1 aromatic rings. The lowest BCUT2D eigenvalue weighted by Crippen LogP contribution is -2.27. The average Bonchev–Trinajstić information content (AvgIpc) is 2.62. The van der Waals surface area contributed by atoms with E-state index in [-0.39, 0.29) is 18.9 Å². The number of halogens is 3. The first kappa shape index (κ1) is 15.8. The number of hydrogen-bond acceptors (Lipinski definition) is 4. The Morgan fingerprint density at radius 3 is 2.70 bits per heavy atom. The van der Waals surface area contributed by atoms with Gasteiger partial charge in [0.25, 0.3) is 0 Å². The molecule has 0 N–H and O–H groups in total. The van der Waals surface area contributed by atoms with Crippen LogP contribution in [-0.4, -0.2) is 31.6 Å². The van der Waals surface area contributed by atoms with E-state index in [0.717, 1.165) is 4.47 Å². The number of aryl methyl sites for hydroxylation is 1. The standard InChI is InChI=1S/C11H11Br2FN2O3S/c1-6-8(12)3-9(13)11(15-6)16-4-7(2-10(16)17)5-20(14,18)19/h3,7H,2,4-5H2,1H3. The number of aromatic nitrogens is 1. The van der Waals surface area contributed by atoms with Crippen molar-refractivity contribution in [3.05, 3.63) is 20.7 Å². The second-order valence-corrected chi connectivity index (χ2v) is 7.76. The summed E-state index contributed by atoms with van der Waals surface area (Å²) in [7, 11) is -4.58. The highest BCUT2D eigenvalue weighted by Crippen LogP contribution is 2.33. The molecule has 1 atom stereocenters. The molecule has 0 spiro atoms. The van der Waals surface area contributed by atoms with Crippen molar-refractivity contribution in [2.24, 2.45) is 5.92 Å². The smallest absolute Gasteiger partial charge is 0.296 e. The summed E-state index contributed by atoms with van der Waals surface area (Å²) in [4.78, 5) is 17.6. The Balaban J connectivity index is 2.26. The highest BCUT2D eigenvalue weighted by atomic mass is 79.9. The van der Waals surface area contributed by atoms with E-state index in [9.17, 15) is 17.1 Å². The maximum absolute atomic E-state index is 12.7. The van der Waals surface area contributed by atoms with Crippen LogP contribution in [0.2, 0.25) is 0 Å². The maximum atomic E-state index is 12.7. The van der Waals surface area contributed by atoms with Gasteiger partial charge in [0.2, 0.25) is 5.91 Å². The highest BCUT2D eigenvalue weighted by molar-refractivity contribution is 9.11. The predicted octanol–water partition coefficient (Wildman–Crippen LogP) is 2.57. The van der Waals surface area contributed by atoms with Crippen LogP contribution in [0.5, 0.6) is 0 Å². The molecule has 2 heterocycles. The SMILES string of the molecule is Cc1nc(N2CC(CS(=O)(=O)F)CC2=O)c(Br)cc1Br. The van der Waals surface area contributed by atoms with Crippen LogP contribution in [-0.2, 0) is 15.0 Å². The number of hydrogen-bond donors (Lipinski definition) is 0. The molecule has 1 aromatic heterocycles. The van der Waals surface area contributed by atoms with E-state index in [0.29, 0.717) is 16.0 Å². The van der Waals surface area contributed by atoms with Gasteiger partial charge in [0.15, 0.2) is 0 Å². The summed E-state index contributed by atoms with van der Waals surface area (Å²) in [6.45, 7) is 1.93. The third-order valence-corrected chi connectivity index (χ3v) is 5.24. The van der Waals surface area contributed by atoms with Crippen LogP contribution in [0, 0.1) is 12.8 Å². The quantitative estimate of drug-likeness (QED) is 0.692. The molecule has 20 heavy (non-hydrogen) atoms. The number of carbonyl (C=O) groups is 1. The van der Waals surface area contributed by atoms with E-state index in [1.807, 2.05) is 0 Å². The van der Waals surface area contributed by atoms with Crippen molar-refractivity contribution in [1.82, 2.24) is 4.98 Å². The largest absolute Gasteiger partial charge is 0.302 e. The van der Waals surface area contributed by atoms with Gasteiger partial charge < -0.3 is 0 Å². The summed E-state index contributed by atoms with van der Waals surface area (Å²) in [6.07, 6.45) is 0.00633. The van der Waals surface area contributed by atoms with Gasteiger partial charge in [-0.15, -0.1) is 3.89 Å². The lowest BCUT2D eigenvalue weighted by atomic mass is 10.1. The van der Waals surface area contributed by atoms with E-state index < -0.39 is 21.9 Å². The molecule has 9 heteroatoms. The first-order valence-electron chi connectivity index (χ1n) is 5.72. The third-order valence-electron chi connectivity index (χ3n) is 2.98. The average molecular weight is 430 g/mol. The van der Waals surface area contributed by atoms with Gasteiger partial charge in [-0.1, -0.05) is 0 Å². The normalized spacial score (nSPS) is 19.7. The third kappa shape index (κ3) is 3.56. The fourth-order valence-electron chi connectivity index (χ4n) is 2.11. The van der Waals surface area contributed by atoms with Crippen LogP contribution in [0.3, 0.4) is 0 Å². The molecule has 1 amide bonds. The summed E-state index contributed by atoms with van der Waals surface area (Å²) in [5.74, 6) is -1.01. The Labute approximate surface area is 133 Å². The minimum Gasteiger partial charge on any atom is -0.296 e. The Hall–Kier alpha value is -0.540. The number of anilines is 1. The molecule has 1 aliphatic heterocycles. The molecule has 0 radical (unpaired) electrons. The van der Waals surface area contributed by atoms with Gasteiger partial charge in [-0.05, 0) is 44.8 Å². The first-order valence-corrected chi connectivity index (χ1v) is 8.86. The van der Waals surface area contributed by atoms with Crippen molar-refractivity contribution in [1.29, 1.82) is 0 Å². The van der Waals surface area contributed by atoms with Crippen molar-refractivity contribution in [2.75, 3.05) is 17.2 Å². The van der Waals surface area contributed by atoms with Crippen LogP contribution in [0.25, 0.3) is 0 Å². The molecular weight excluding hydrogens is 419 g/mol. The monoisotopic (exact) mass is 428 g/mol. The number of carbonyl (C=O) groups excluding carboxylic acids is 1. The second-order valence-electron chi connectivity index (χ2n) is 4.64. The predicted molar refractivity (Wildman–Crippen MR) is 79.7 cm³/mol. The van der Waals surface area contributed by atoms with Crippen LogP contribution in [0.1, 0.15) is 12.1 Å². The molecule has 110 valence electrons. The van der Waals surface area contributed by atoms with E-state index in [1.54, 1.807) is 13.0 Å². The molecule has 1 fully saturated rings. The van der Waals surface area contributed by atoms with Gasteiger partial charge >= 0.3 is 10.2 Å². The molecular formula is C11H11Br2FN2O3S. The van der Waals surface area contributed by atoms with Crippen LogP contribution in [0.15, 0.2) is 15.0 Å². The summed E-state index contributed by atoms with van der Waals surface area (Å²) < 4.78 is 35.5. The lowest BCUT2D eigenvalue weighted by molar-refractivity contribution is -0.117. The van der Waals surface area contributed by atoms with E-state index >= 15 is 0 Å². The minimum atomic E-state index is -4.58. The van der Waals surface area contributed by atoms with Crippen LogP contribution in [0.4, 0.5) is 9.70 Å². The van der Waals surface area contributed by atoms with Crippen LogP contribution >= 0.6 is 31.9 Å². The van der Waals surface area contributed by atoms with Gasteiger partial charge in [0, 0.05) is 23.4 Å². The van der Waals surface area contributed by atoms with Gasteiger partial charge in [0.1, 0.15) is 5.82 Å². The lowest BCUT2D eigenvalue weighted by Gasteiger charge is -2.18. The topological polar surface area (TPSA) is 67.3 Å². The van der Waals surface area contributed by atoms with Crippen molar-refractivity contribution in [2.45, 2.75) is 13.3 Å². The molecule has 1 saturated heterocycles. The molecule has 1 aliphatic rings. The zero-order valence-corrected chi connectivity index (χ0v) is 14.4. The second kappa shape index (κ2) is 5.69. The molecule has 0 aliphatic carbocycles. The molecule has 0 bridgehead atoms. The van der Waals surface area contributed by atoms with Gasteiger partial charge in [-0.25, -0.2) is 4.98 Å². The van der Waals surface area contributed by atoms with Crippen molar-refractivity contribution >= 4 is 53.8 Å². The van der Waals surface area contributed by atoms with Crippen LogP contribution < -0.4 is 4.90 Å². The number of nitrogens with zero attached hydrogens (tertiary/aromatic N) is 2. The number of amides is 1. The van der Waals surface area contributed by atoms with Gasteiger partial charge in [0.05, 0.1) is 15.9 Å². The fraction of sp³-hybridized carbons (Fsp3) is 0.455. The fourth-order valence-corrected chi connectivity index (χ4v) is 4.06. The Morgan fingerprint density at radius 2 is 2.10 bits per heavy atom. The van der Waals surface area contributed by atoms with E-state index in [4.69, 9.17) is 0 Å². The molecule has 5 nitrogen and oxygen atoms in total. The van der Waals surface area contributed by atoms with Crippen molar-refractivity contribution < 1.29 is 17.1 Å². The number of rotatable bonds is 3. The highest BCUT2D eigenvalue weighted by Gasteiger charge is 2.35. The summed E-state index contributed by atoms with van der Waals surface area (Å²) in [5.41, 5.74) is 0.706. The molecule has 0 aromatic carbocycles. The minimum absolute atomic E-state index is 0.00633. The van der Waals surface area contributed by atoms with Gasteiger partial charge in [-0.3, -0.25) is 9.69 Å². The van der Waals surface area contributed by atoms with Crippen molar-refractivity contribution in [3.63, 3.8) is 0 Å². The van der Waals surface area contributed by atoms with Gasteiger partial charge in [-0.2, -0.15) is 8.42 Å². The summed E-state index contributed by atoms with van der Waals surface area (Å²) in [6, 6.07) is 1.77. The summed E-state index contributed by atoms with van der Waals surface area (Å²) >= 11 is 6.65. The van der Waals surface area contributed by atoms with Crippen molar-refractivity contribution in [3.8, 4) is 0 Å². The molecule has 2 rings (SSSR count). The molecule has 0 saturated carbocycles. The zero-order valence-electron chi connectivity index (χ0n) is 10.4. The zero-order chi connectivity index (χ0) is 15.1. The van der Waals surface area contributed by atoms with E-state index in [1.165, 1.54) is 4.90 Å².